The Kier molecular flexibility index (Phi) is 12.0. The van der Waals surface area contributed by atoms with Crippen LogP contribution in [0.3, 0.4) is 0 Å². The lowest BCUT2D eigenvalue weighted by Crippen LogP contribution is -2.47. The van der Waals surface area contributed by atoms with Crippen molar-refractivity contribution in [3.63, 3.8) is 0 Å². The SMILES string of the molecule is CCCC(C(=O)OCC)N(N)CCC.Cc1cccc(P)c1. The van der Waals surface area contributed by atoms with Crippen molar-refractivity contribution in [1.29, 1.82) is 0 Å². The van der Waals surface area contributed by atoms with Crippen LogP contribution < -0.4 is 11.1 Å². The van der Waals surface area contributed by atoms with E-state index in [0.29, 0.717) is 6.61 Å². The summed E-state index contributed by atoms with van der Waals surface area (Å²) >= 11 is 0. The molecule has 0 spiro atoms. The normalized spacial score (nSPS) is 11.6. The fraction of sp³-hybridized carbons (Fsp3) is 0.588. The molecule has 2 unspecified atom stereocenters. The molecule has 126 valence electrons. The Labute approximate surface area is 137 Å². The molecule has 0 radical (unpaired) electrons. The molecule has 0 fully saturated rings. The van der Waals surface area contributed by atoms with Crippen molar-refractivity contribution in [2.75, 3.05) is 13.2 Å². The van der Waals surface area contributed by atoms with Gasteiger partial charge in [-0.3, -0.25) is 10.6 Å². The monoisotopic (exact) mass is 326 g/mol. The molecule has 1 rings (SSSR count). The van der Waals surface area contributed by atoms with E-state index < -0.39 is 0 Å². The average Bonchev–Trinajstić information content (AvgIpc) is 2.45. The molecule has 0 saturated heterocycles. The van der Waals surface area contributed by atoms with Gasteiger partial charge < -0.3 is 4.74 Å². The molecule has 0 aliphatic rings. The van der Waals surface area contributed by atoms with Gasteiger partial charge in [0.25, 0.3) is 0 Å². The first kappa shape index (κ1) is 21.0. The number of rotatable bonds is 7. The molecule has 0 saturated carbocycles. The van der Waals surface area contributed by atoms with Gasteiger partial charge in [0, 0.05) is 6.54 Å². The zero-order valence-electron chi connectivity index (χ0n) is 14.3. The van der Waals surface area contributed by atoms with E-state index in [-0.39, 0.29) is 12.0 Å². The topological polar surface area (TPSA) is 55.6 Å². The number of hydrogen-bond acceptors (Lipinski definition) is 4. The Morgan fingerprint density at radius 3 is 2.41 bits per heavy atom. The molecule has 0 aromatic heterocycles. The van der Waals surface area contributed by atoms with Gasteiger partial charge in [-0.25, -0.2) is 5.01 Å². The Hall–Kier alpha value is -0.960. The van der Waals surface area contributed by atoms with Crippen LogP contribution >= 0.6 is 9.24 Å². The number of benzene rings is 1. The highest BCUT2D eigenvalue weighted by Gasteiger charge is 2.23. The number of esters is 1. The number of hydrazine groups is 1. The fourth-order valence-corrected chi connectivity index (χ4v) is 2.39. The van der Waals surface area contributed by atoms with Crippen molar-refractivity contribution in [2.24, 2.45) is 5.84 Å². The van der Waals surface area contributed by atoms with Gasteiger partial charge in [0.15, 0.2) is 0 Å². The lowest BCUT2D eigenvalue weighted by atomic mass is 10.1. The number of hydrogen-bond donors (Lipinski definition) is 1. The van der Waals surface area contributed by atoms with Crippen LogP contribution in [0.4, 0.5) is 0 Å². The maximum atomic E-state index is 11.5. The van der Waals surface area contributed by atoms with Crippen LogP contribution in [0.15, 0.2) is 24.3 Å². The van der Waals surface area contributed by atoms with Gasteiger partial charge in [-0.15, -0.1) is 9.24 Å². The van der Waals surface area contributed by atoms with E-state index in [4.69, 9.17) is 10.6 Å². The van der Waals surface area contributed by atoms with Crippen LogP contribution in [0.1, 0.15) is 45.6 Å². The van der Waals surface area contributed by atoms with E-state index in [9.17, 15) is 4.79 Å². The molecule has 5 heteroatoms. The molecular weight excluding hydrogens is 295 g/mol. The Morgan fingerprint density at radius 1 is 1.32 bits per heavy atom. The first-order valence-electron chi connectivity index (χ1n) is 7.96. The molecule has 1 aromatic rings. The summed E-state index contributed by atoms with van der Waals surface area (Å²) in [6, 6.07) is 8.06. The molecule has 0 aliphatic carbocycles. The van der Waals surface area contributed by atoms with E-state index in [0.717, 1.165) is 25.8 Å². The third kappa shape index (κ3) is 9.14. The number of carbonyl (C=O) groups excluding carboxylic acids is 1. The molecule has 2 N–H and O–H groups in total. The van der Waals surface area contributed by atoms with Crippen molar-refractivity contribution in [3.8, 4) is 0 Å². The summed E-state index contributed by atoms with van der Waals surface area (Å²) in [5.74, 6) is 5.57. The largest absolute Gasteiger partial charge is 0.465 e. The highest BCUT2D eigenvalue weighted by molar-refractivity contribution is 7.27. The van der Waals surface area contributed by atoms with Crippen LogP contribution in [-0.4, -0.2) is 30.2 Å². The van der Waals surface area contributed by atoms with Crippen LogP contribution in [0.5, 0.6) is 0 Å². The van der Waals surface area contributed by atoms with E-state index in [1.165, 1.54) is 10.9 Å². The Bertz CT molecular complexity index is 410. The minimum Gasteiger partial charge on any atom is -0.465 e. The quantitative estimate of drug-likeness (QED) is 0.362. The third-order valence-corrected chi connectivity index (χ3v) is 3.40. The molecule has 0 amide bonds. The molecule has 0 aliphatic heterocycles. The predicted molar refractivity (Wildman–Crippen MR) is 97.0 cm³/mol. The second kappa shape index (κ2) is 12.6. The molecule has 0 heterocycles. The summed E-state index contributed by atoms with van der Waals surface area (Å²) in [5, 5.41) is 2.84. The van der Waals surface area contributed by atoms with E-state index in [1.54, 1.807) is 5.01 Å². The van der Waals surface area contributed by atoms with Gasteiger partial charge in [0.2, 0.25) is 0 Å². The zero-order chi connectivity index (χ0) is 17.0. The van der Waals surface area contributed by atoms with Gasteiger partial charge in [-0.05, 0) is 32.0 Å². The molecule has 0 bridgehead atoms. The molecule has 4 nitrogen and oxygen atoms in total. The van der Waals surface area contributed by atoms with Gasteiger partial charge in [0.1, 0.15) is 6.04 Å². The smallest absolute Gasteiger partial charge is 0.324 e. The zero-order valence-corrected chi connectivity index (χ0v) is 15.5. The first-order chi connectivity index (χ1) is 10.5. The molecule has 22 heavy (non-hydrogen) atoms. The highest BCUT2D eigenvalue weighted by atomic mass is 31.0. The highest BCUT2D eigenvalue weighted by Crippen LogP contribution is 2.06. The number of carbonyl (C=O) groups is 1. The van der Waals surface area contributed by atoms with E-state index >= 15 is 0 Å². The van der Waals surface area contributed by atoms with Gasteiger partial charge in [0.05, 0.1) is 6.61 Å². The summed E-state index contributed by atoms with van der Waals surface area (Å²) in [6.07, 6.45) is 2.63. The number of ether oxygens (including phenoxy) is 1. The van der Waals surface area contributed by atoms with Crippen molar-refractivity contribution >= 4 is 20.5 Å². The third-order valence-electron chi connectivity index (χ3n) is 3.05. The van der Waals surface area contributed by atoms with E-state index in [1.807, 2.05) is 20.8 Å². The number of aryl methyl sites for hydroxylation is 1. The summed E-state index contributed by atoms with van der Waals surface area (Å²) in [6.45, 7) is 9.11. The van der Waals surface area contributed by atoms with Gasteiger partial charge >= 0.3 is 5.97 Å². The van der Waals surface area contributed by atoms with Crippen molar-refractivity contribution in [1.82, 2.24) is 5.01 Å². The summed E-state index contributed by atoms with van der Waals surface area (Å²) in [5.41, 5.74) is 1.32. The second-order valence-corrected chi connectivity index (χ2v) is 5.88. The predicted octanol–water partition coefficient (Wildman–Crippen LogP) is 2.80. The lowest BCUT2D eigenvalue weighted by Gasteiger charge is -2.24. The van der Waals surface area contributed by atoms with Crippen LogP contribution in [0, 0.1) is 6.92 Å². The number of nitrogens with zero attached hydrogens (tertiary/aromatic N) is 1. The summed E-state index contributed by atoms with van der Waals surface area (Å²) in [4.78, 5) is 11.5. The van der Waals surface area contributed by atoms with Crippen LogP contribution in [0.2, 0.25) is 0 Å². The molecule has 1 aromatic carbocycles. The van der Waals surface area contributed by atoms with Crippen molar-refractivity contribution < 1.29 is 9.53 Å². The van der Waals surface area contributed by atoms with Gasteiger partial charge in [-0.2, -0.15) is 0 Å². The summed E-state index contributed by atoms with van der Waals surface area (Å²) < 4.78 is 4.96. The minimum atomic E-state index is -0.278. The lowest BCUT2D eigenvalue weighted by molar-refractivity contribution is -0.150. The average molecular weight is 326 g/mol. The minimum absolute atomic E-state index is 0.203. The number of nitrogens with two attached hydrogens (primary N) is 1. The van der Waals surface area contributed by atoms with Crippen molar-refractivity contribution in [2.45, 2.75) is 53.0 Å². The molecule has 2 atom stereocenters. The van der Waals surface area contributed by atoms with Gasteiger partial charge in [-0.1, -0.05) is 50.1 Å². The Balaban J connectivity index is 0.000000461. The maximum Gasteiger partial charge on any atom is 0.324 e. The van der Waals surface area contributed by atoms with E-state index in [2.05, 4.69) is 40.4 Å². The first-order valence-corrected chi connectivity index (χ1v) is 8.54. The van der Waals surface area contributed by atoms with Crippen molar-refractivity contribution in [3.05, 3.63) is 29.8 Å². The summed E-state index contributed by atoms with van der Waals surface area (Å²) in [7, 11) is 2.66. The standard InChI is InChI=1S/C10H22N2O2.C7H9P/c1-4-7-9(10(13)14-6-3)12(11)8-5-2;1-6-3-2-4-7(8)5-6/h9H,4-8,11H2,1-3H3;2-5H,8H2,1H3. The Morgan fingerprint density at radius 2 is 2.00 bits per heavy atom. The second-order valence-electron chi connectivity index (χ2n) is 5.21. The fourth-order valence-electron chi connectivity index (χ4n) is 2.02. The molecular formula is C17H31N2O2P. The van der Waals surface area contributed by atoms with Crippen LogP contribution in [0.25, 0.3) is 0 Å². The van der Waals surface area contributed by atoms with Crippen LogP contribution in [-0.2, 0) is 9.53 Å². The maximum absolute atomic E-state index is 11.5.